The number of benzene rings is 2. The van der Waals surface area contributed by atoms with Crippen LogP contribution in [0.5, 0.6) is 23.0 Å². The van der Waals surface area contributed by atoms with Crippen LogP contribution in [0.3, 0.4) is 0 Å². The van der Waals surface area contributed by atoms with E-state index in [1.165, 1.54) is 21.3 Å². The molecule has 1 atom stereocenters. The average Bonchev–Trinajstić information content (AvgIpc) is 2.65. The van der Waals surface area contributed by atoms with Gasteiger partial charge in [0.05, 0.1) is 27.9 Å². The summed E-state index contributed by atoms with van der Waals surface area (Å²) in [7, 11) is 4.51. The third-order valence-corrected chi connectivity index (χ3v) is 3.46. The second-order valence-electron chi connectivity index (χ2n) is 4.87. The molecule has 0 aromatic heterocycles. The number of methoxy groups -OCH3 is 3. The first kappa shape index (κ1) is 17.6. The molecule has 1 N–H and O–H groups in total. The molecule has 0 aliphatic carbocycles. The molecule has 2 aromatic carbocycles. The normalized spacial score (nSPS) is 11.5. The Kier molecular flexibility index (Phi) is 6.03. The first-order valence-electron chi connectivity index (χ1n) is 7.31. The molecule has 0 unspecified atom stereocenters. The van der Waals surface area contributed by atoms with Crippen molar-refractivity contribution >= 4 is 5.78 Å². The monoisotopic (exact) mass is 332 g/mol. The Morgan fingerprint density at radius 3 is 2.08 bits per heavy atom. The van der Waals surface area contributed by atoms with Gasteiger partial charge in [-0.3, -0.25) is 4.79 Å². The molecule has 128 valence electrons. The molecule has 0 aliphatic rings. The molecule has 0 fully saturated rings. The number of aliphatic hydroxyl groups excluding tert-OH is 1. The third-order valence-electron chi connectivity index (χ3n) is 3.46. The highest BCUT2D eigenvalue weighted by Crippen LogP contribution is 2.30. The van der Waals surface area contributed by atoms with Gasteiger partial charge in [-0.2, -0.15) is 0 Å². The van der Waals surface area contributed by atoms with Crippen LogP contribution in [0.2, 0.25) is 0 Å². The van der Waals surface area contributed by atoms with Crippen molar-refractivity contribution in [2.24, 2.45) is 0 Å². The number of ether oxygens (including phenoxy) is 4. The molecule has 0 heterocycles. The van der Waals surface area contributed by atoms with Crippen molar-refractivity contribution in [1.29, 1.82) is 0 Å². The van der Waals surface area contributed by atoms with E-state index in [4.69, 9.17) is 18.9 Å². The van der Waals surface area contributed by atoms with E-state index in [9.17, 15) is 9.90 Å². The number of aliphatic hydroxyl groups is 1. The summed E-state index contributed by atoms with van der Waals surface area (Å²) in [4.78, 5) is 12.6. The van der Waals surface area contributed by atoms with Gasteiger partial charge in [-0.1, -0.05) is 12.1 Å². The smallest absolute Gasteiger partial charge is 0.205 e. The van der Waals surface area contributed by atoms with Gasteiger partial charge in [0.1, 0.15) is 0 Å². The Morgan fingerprint density at radius 1 is 0.917 bits per heavy atom. The Bertz CT molecular complexity index is 698. The third kappa shape index (κ3) is 3.78. The highest BCUT2D eigenvalue weighted by Gasteiger charge is 2.23. The summed E-state index contributed by atoms with van der Waals surface area (Å²) >= 11 is 0. The number of carbonyl (C=O) groups is 1. The Balaban J connectivity index is 2.25. The van der Waals surface area contributed by atoms with Crippen molar-refractivity contribution in [3.8, 4) is 23.0 Å². The van der Waals surface area contributed by atoms with E-state index in [2.05, 4.69) is 0 Å². The zero-order valence-electron chi connectivity index (χ0n) is 13.8. The van der Waals surface area contributed by atoms with Crippen LogP contribution in [0.4, 0.5) is 0 Å². The second-order valence-corrected chi connectivity index (χ2v) is 4.87. The second kappa shape index (κ2) is 8.21. The first-order valence-corrected chi connectivity index (χ1v) is 7.31. The lowest BCUT2D eigenvalue weighted by atomic mass is 10.1. The van der Waals surface area contributed by atoms with Crippen LogP contribution in [-0.2, 0) is 0 Å². The molecular formula is C18H20O6. The largest absolute Gasteiger partial charge is 0.493 e. The molecule has 0 aliphatic heterocycles. The van der Waals surface area contributed by atoms with Crippen LogP contribution in [0, 0.1) is 0 Å². The summed E-state index contributed by atoms with van der Waals surface area (Å²) in [5.41, 5.74) is 0.349. The lowest BCUT2D eigenvalue weighted by Gasteiger charge is -2.18. The lowest BCUT2D eigenvalue weighted by molar-refractivity contribution is 0.0651. The van der Waals surface area contributed by atoms with Gasteiger partial charge < -0.3 is 24.1 Å². The summed E-state index contributed by atoms with van der Waals surface area (Å²) in [5.74, 6) is 1.44. The van der Waals surface area contributed by atoms with Crippen molar-refractivity contribution in [3.63, 3.8) is 0 Å². The van der Waals surface area contributed by atoms with E-state index in [0.717, 1.165) is 0 Å². The van der Waals surface area contributed by atoms with Crippen LogP contribution in [0.15, 0.2) is 42.5 Å². The molecule has 0 saturated heterocycles. The van der Waals surface area contributed by atoms with Crippen LogP contribution >= 0.6 is 0 Å². The Morgan fingerprint density at radius 2 is 1.50 bits per heavy atom. The number of Topliss-reactive ketones (excluding diaryl/α,β-unsaturated/α-hetero) is 1. The summed E-state index contributed by atoms with van der Waals surface area (Å²) in [6, 6.07) is 11.7. The zero-order chi connectivity index (χ0) is 17.5. The minimum atomic E-state index is -1.06. The van der Waals surface area contributed by atoms with E-state index in [0.29, 0.717) is 28.6 Å². The number of para-hydroxylation sites is 2. The highest BCUT2D eigenvalue weighted by atomic mass is 16.5. The van der Waals surface area contributed by atoms with Crippen molar-refractivity contribution in [2.45, 2.75) is 6.10 Å². The lowest BCUT2D eigenvalue weighted by Crippen LogP contribution is -2.31. The zero-order valence-corrected chi connectivity index (χ0v) is 13.8. The molecule has 6 nitrogen and oxygen atoms in total. The van der Waals surface area contributed by atoms with Crippen LogP contribution in [0.1, 0.15) is 10.4 Å². The van der Waals surface area contributed by atoms with E-state index < -0.39 is 12.7 Å². The Hall–Kier alpha value is -2.73. The van der Waals surface area contributed by atoms with Crippen molar-refractivity contribution in [3.05, 3.63) is 48.0 Å². The van der Waals surface area contributed by atoms with Gasteiger partial charge in [-0.05, 0) is 30.3 Å². The van der Waals surface area contributed by atoms with Gasteiger partial charge in [0.15, 0.2) is 29.1 Å². The fraction of sp³-hybridized carbons (Fsp3) is 0.278. The van der Waals surface area contributed by atoms with Crippen molar-refractivity contribution < 1.29 is 28.8 Å². The molecule has 0 radical (unpaired) electrons. The SMILES string of the molecule is COc1ccc(C(=O)[C@@H](CO)Oc2ccccc2OC)cc1OC. The maximum Gasteiger partial charge on any atom is 0.205 e. The van der Waals surface area contributed by atoms with Crippen LogP contribution < -0.4 is 18.9 Å². The van der Waals surface area contributed by atoms with Gasteiger partial charge in [-0.15, -0.1) is 0 Å². The van der Waals surface area contributed by atoms with Crippen LogP contribution in [-0.4, -0.2) is 44.9 Å². The van der Waals surface area contributed by atoms with E-state index in [1.54, 1.807) is 42.5 Å². The molecule has 24 heavy (non-hydrogen) atoms. The average molecular weight is 332 g/mol. The van der Waals surface area contributed by atoms with E-state index in [-0.39, 0.29) is 5.78 Å². The molecular weight excluding hydrogens is 312 g/mol. The number of ketones is 1. The molecule has 0 amide bonds. The van der Waals surface area contributed by atoms with Gasteiger partial charge >= 0.3 is 0 Å². The topological polar surface area (TPSA) is 74.2 Å². The van der Waals surface area contributed by atoms with Crippen molar-refractivity contribution in [2.75, 3.05) is 27.9 Å². The fourth-order valence-electron chi connectivity index (χ4n) is 2.22. The molecule has 2 aromatic rings. The summed E-state index contributed by atoms with van der Waals surface area (Å²) in [6.07, 6.45) is -1.06. The Labute approximate surface area is 140 Å². The van der Waals surface area contributed by atoms with Gasteiger partial charge in [-0.25, -0.2) is 0 Å². The number of carbonyl (C=O) groups excluding carboxylic acids is 1. The van der Waals surface area contributed by atoms with Gasteiger partial charge in [0.25, 0.3) is 0 Å². The maximum absolute atomic E-state index is 12.6. The standard InChI is InChI=1S/C18H20O6/c1-21-13-6-4-5-7-15(13)24-17(11-19)18(20)12-8-9-14(22-2)16(10-12)23-3/h4-10,17,19H,11H2,1-3H3/t17-/m1/s1. The fourth-order valence-corrected chi connectivity index (χ4v) is 2.22. The maximum atomic E-state index is 12.6. The molecule has 0 bridgehead atoms. The molecule has 6 heteroatoms. The predicted molar refractivity (Wildman–Crippen MR) is 88.4 cm³/mol. The summed E-state index contributed by atoms with van der Waals surface area (Å²) in [5, 5.41) is 9.57. The van der Waals surface area contributed by atoms with E-state index >= 15 is 0 Å². The minimum Gasteiger partial charge on any atom is -0.493 e. The van der Waals surface area contributed by atoms with Gasteiger partial charge in [0, 0.05) is 5.56 Å². The first-order chi connectivity index (χ1) is 11.6. The number of hydrogen-bond donors (Lipinski definition) is 1. The minimum absolute atomic E-state index is 0.349. The van der Waals surface area contributed by atoms with Crippen LogP contribution in [0.25, 0.3) is 0 Å². The predicted octanol–water partition coefficient (Wildman–Crippen LogP) is 2.33. The van der Waals surface area contributed by atoms with Crippen molar-refractivity contribution in [1.82, 2.24) is 0 Å². The summed E-state index contributed by atoms with van der Waals surface area (Å²) < 4.78 is 21.2. The van der Waals surface area contributed by atoms with Gasteiger partial charge in [0.2, 0.25) is 5.78 Å². The molecule has 0 spiro atoms. The molecule has 0 saturated carbocycles. The molecule has 2 rings (SSSR count). The van der Waals surface area contributed by atoms with E-state index in [1.807, 2.05) is 0 Å². The highest BCUT2D eigenvalue weighted by molar-refractivity contribution is 6.00. The number of hydrogen-bond acceptors (Lipinski definition) is 6. The number of rotatable bonds is 8. The summed E-state index contributed by atoms with van der Waals surface area (Å²) in [6.45, 7) is -0.467. The quantitative estimate of drug-likeness (QED) is 0.748.